The Morgan fingerprint density at radius 2 is 2.24 bits per heavy atom. The summed E-state index contributed by atoms with van der Waals surface area (Å²) in [7, 11) is 0. The van der Waals surface area contributed by atoms with Crippen molar-refractivity contribution in [2.75, 3.05) is 26.2 Å². The number of rotatable bonds is 6. The van der Waals surface area contributed by atoms with Gasteiger partial charge in [-0.15, -0.1) is 12.4 Å². The van der Waals surface area contributed by atoms with Gasteiger partial charge >= 0.3 is 0 Å². The maximum absolute atomic E-state index is 9.81. The van der Waals surface area contributed by atoms with Crippen molar-refractivity contribution in [1.82, 2.24) is 20.2 Å². The van der Waals surface area contributed by atoms with Gasteiger partial charge in [-0.2, -0.15) is 0 Å². The first-order chi connectivity index (χ1) is 7.84. The fourth-order valence-corrected chi connectivity index (χ4v) is 2.08. The molecule has 0 radical (unpaired) electrons. The fraction of sp³-hybridized carbons (Fsp3) is 0.727. The molecule has 1 unspecified atom stereocenters. The van der Waals surface area contributed by atoms with Crippen molar-refractivity contribution in [1.29, 1.82) is 0 Å². The first-order valence-electron chi connectivity index (χ1n) is 5.93. The number of hydrogen-bond donors (Lipinski definition) is 3. The summed E-state index contributed by atoms with van der Waals surface area (Å²) in [6.45, 7) is 4.43. The van der Waals surface area contributed by atoms with Gasteiger partial charge in [-0.05, 0) is 25.9 Å². The Bertz CT molecular complexity index is 288. The van der Waals surface area contributed by atoms with Crippen molar-refractivity contribution in [2.24, 2.45) is 0 Å². The average Bonchev–Trinajstić information content (AvgIpc) is 2.90. The molecule has 2 rings (SSSR count). The molecule has 1 aromatic rings. The van der Waals surface area contributed by atoms with Crippen molar-refractivity contribution in [3.05, 3.63) is 18.2 Å². The van der Waals surface area contributed by atoms with Gasteiger partial charge in [-0.25, -0.2) is 4.98 Å². The van der Waals surface area contributed by atoms with Gasteiger partial charge in [0.1, 0.15) is 0 Å². The van der Waals surface area contributed by atoms with E-state index in [0.29, 0.717) is 6.54 Å². The van der Waals surface area contributed by atoms with Crippen LogP contribution in [0.3, 0.4) is 0 Å². The number of halogens is 1. The molecule has 1 atom stereocenters. The quantitative estimate of drug-likeness (QED) is 0.692. The molecule has 0 amide bonds. The molecule has 0 bridgehead atoms. The van der Waals surface area contributed by atoms with Gasteiger partial charge in [0, 0.05) is 31.5 Å². The highest BCUT2D eigenvalue weighted by atomic mass is 35.5. The predicted molar refractivity (Wildman–Crippen MR) is 69.2 cm³/mol. The standard InChI is InChI=1S/C11H20N4O.ClH/c16-11(8-15-3-1-2-4-15)7-12-5-10-6-13-9-14-10;/h6,9,11-12,16H,1-5,7-8H2,(H,13,14);1H. The molecule has 1 fully saturated rings. The molecule has 5 nitrogen and oxygen atoms in total. The summed E-state index contributed by atoms with van der Waals surface area (Å²) in [6.07, 6.45) is 5.72. The molecule has 1 saturated heterocycles. The van der Waals surface area contributed by atoms with E-state index in [2.05, 4.69) is 20.2 Å². The number of likely N-dealkylation sites (tertiary alicyclic amines) is 1. The Labute approximate surface area is 108 Å². The number of aliphatic hydroxyl groups is 1. The van der Waals surface area contributed by atoms with E-state index >= 15 is 0 Å². The Hall–Kier alpha value is -0.620. The van der Waals surface area contributed by atoms with E-state index in [1.165, 1.54) is 12.8 Å². The van der Waals surface area contributed by atoms with Crippen LogP contribution >= 0.6 is 12.4 Å². The summed E-state index contributed by atoms with van der Waals surface area (Å²) in [4.78, 5) is 9.28. The number of β-amino-alcohol motifs (C(OH)–C–C–N with tert-alkyl or cyclic N) is 1. The number of hydrogen-bond acceptors (Lipinski definition) is 4. The first-order valence-corrected chi connectivity index (χ1v) is 5.93. The van der Waals surface area contributed by atoms with Gasteiger partial charge in [0.25, 0.3) is 0 Å². The highest BCUT2D eigenvalue weighted by Gasteiger charge is 2.15. The minimum atomic E-state index is -0.277. The molecule has 6 heteroatoms. The van der Waals surface area contributed by atoms with E-state index in [-0.39, 0.29) is 18.5 Å². The van der Waals surface area contributed by atoms with Crippen LogP contribution in [0.4, 0.5) is 0 Å². The lowest BCUT2D eigenvalue weighted by molar-refractivity contribution is 0.123. The Morgan fingerprint density at radius 3 is 2.88 bits per heavy atom. The van der Waals surface area contributed by atoms with E-state index in [4.69, 9.17) is 0 Å². The molecular formula is C11H21ClN4O. The van der Waals surface area contributed by atoms with Crippen LogP contribution in [0.5, 0.6) is 0 Å². The van der Waals surface area contributed by atoms with Crippen LogP contribution in [0, 0.1) is 0 Å². The SMILES string of the molecule is Cl.OC(CNCc1cnc[nH]1)CN1CCCC1. The van der Waals surface area contributed by atoms with Gasteiger partial charge in [0.2, 0.25) is 0 Å². The minimum Gasteiger partial charge on any atom is -0.390 e. The van der Waals surface area contributed by atoms with Gasteiger partial charge in [-0.3, -0.25) is 0 Å². The Balaban J connectivity index is 0.00000144. The van der Waals surface area contributed by atoms with Crippen LogP contribution in [0.2, 0.25) is 0 Å². The summed E-state index contributed by atoms with van der Waals surface area (Å²) >= 11 is 0. The fourth-order valence-electron chi connectivity index (χ4n) is 2.08. The molecule has 3 N–H and O–H groups in total. The average molecular weight is 261 g/mol. The number of aliphatic hydroxyl groups excluding tert-OH is 1. The molecule has 1 aliphatic rings. The molecule has 0 spiro atoms. The van der Waals surface area contributed by atoms with Crippen LogP contribution in [0.25, 0.3) is 0 Å². The Kier molecular flexibility index (Phi) is 6.50. The van der Waals surface area contributed by atoms with Gasteiger partial charge in [0.15, 0.2) is 0 Å². The molecular weight excluding hydrogens is 240 g/mol. The number of aromatic nitrogens is 2. The molecule has 2 heterocycles. The summed E-state index contributed by atoms with van der Waals surface area (Å²) in [5.74, 6) is 0. The summed E-state index contributed by atoms with van der Waals surface area (Å²) < 4.78 is 0. The smallest absolute Gasteiger partial charge is 0.0922 e. The lowest BCUT2D eigenvalue weighted by Crippen LogP contribution is -2.36. The number of nitrogens with one attached hydrogen (secondary N) is 2. The zero-order valence-electron chi connectivity index (χ0n) is 9.93. The first kappa shape index (κ1) is 14.4. The molecule has 0 aromatic carbocycles. The van der Waals surface area contributed by atoms with Crippen LogP contribution in [-0.2, 0) is 6.54 Å². The van der Waals surface area contributed by atoms with Crippen molar-refractivity contribution in [3.8, 4) is 0 Å². The van der Waals surface area contributed by atoms with Gasteiger partial charge in [-0.1, -0.05) is 0 Å². The zero-order valence-corrected chi connectivity index (χ0v) is 10.7. The van der Waals surface area contributed by atoms with Gasteiger partial charge in [0.05, 0.1) is 12.4 Å². The van der Waals surface area contributed by atoms with Crippen molar-refractivity contribution < 1.29 is 5.11 Å². The normalized spacial score (nSPS) is 17.9. The third-order valence-electron chi connectivity index (χ3n) is 2.92. The molecule has 0 aliphatic carbocycles. The van der Waals surface area contributed by atoms with Crippen LogP contribution in [0.1, 0.15) is 18.5 Å². The van der Waals surface area contributed by atoms with E-state index in [0.717, 1.165) is 31.9 Å². The zero-order chi connectivity index (χ0) is 11.2. The molecule has 1 aliphatic heterocycles. The Morgan fingerprint density at radius 1 is 1.47 bits per heavy atom. The number of imidazole rings is 1. The second kappa shape index (κ2) is 7.66. The third-order valence-corrected chi connectivity index (χ3v) is 2.92. The molecule has 17 heavy (non-hydrogen) atoms. The van der Waals surface area contributed by atoms with Crippen molar-refractivity contribution >= 4 is 12.4 Å². The summed E-state index contributed by atoms with van der Waals surface area (Å²) in [6, 6.07) is 0. The lowest BCUT2D eigenvalue weighted by atomic mass is 10.3. The second-order valence-electron chi connectivity index (χ2n) is 4.37. The van der Waals surface area contributed by atoms with Crippen LogP contribution < -0.4 is 5.32 Å². The predicted octanol–water partition coefficient (Wildman–Crippen LogP) is 0.378. The summed E-state index contributed by atoms with van der Waals surface area (Å²) in [5.41, 5.74) is 1.05. The lowest BCUT2D eigenvalue weighted by Gasteiger charge is -2.19. The monoisotopic (exact) mass is 260 g/mol. The maximum Gasteiger partial charge on any atom is 0.0922 e. The largest absolute Gasteiger partial charge is 0.390 e. The topological polar surface area (TPSA) is 64.2 Å². The van der Waals surface area contributed by atoms with E-state index < -0.39 is 0 Å². The molecule has 98 valence electrons. The minimum absolute atomic E-state index is 0. The molecule has 1 aromatic heterocycles. The number of aromatic amines is 1. The third kappa shape index (κ3) is 5.04. The van der Waals surface area contributed by atoms with E-state index in [1.54, 1.807) is 12.5 Å². The van der Waals surface area contributed by atoms with E-state index in [9.17, 15) is 5.11 Å². The van der Waals surface area contributed by atoms with Gasteiger partial charge < -0.3 is 20.3 Å². The summed E-state index contributed by atoms with van der Waals surface area (Å²) in [5, 5.41) is 13.0. The van der Waals surface area contributed by atoms with E-state index in [1.807, 2.05) is 0 Å². The maximum atomic E-state index is 9.81. The van der Waals surface area contributed by atoms with Crippen molar-refractivity contribution in [3.63, 3.8) is 0 Å². The van der Waals surface area contributed by atoms with Crippen LogP contribution in [-0.4, -0.2) is 52.3 Å². The second-order valence-corrected chi connectivity index (χ2v) is 4.37. The number of H-pyrrole nitrogens is 1. The number of nitrogens with zero attached hydrogens (tertiary/aromatic N) is 2. The van der Waals surface area contributed by atoms with Crippen LogP contribution in [0.15, 0.2) is 12.5 Å². The highest BCUT2D eigenvalue weighted by molar-refractivity contribution is 5.85. The molecule has 0 saturated carbocycles. The van der Waals surface area contributed by atoms with Crippen molar-refractivity contribution in [2.45, 2.75) is 25.5 Å². The highest BCUT2D eigenvalue weighted by Crippen LogP contribution is 2.07.